The second-order valence-electron chi connectivity index (χ2n) is 8.89. The van der Waals surface area contributed by atoms with Crippen molar-refractivity contribution < 1.29 is 19.2 Å². The molecule has 3 aromatic rings. The van der Waals surface area contributed by atoms with E-state index in [-0.39, 0.29) is 22.6 Å². The quantitative estimate of drug-likeness (QED) is 0.288. The van der Waals surface area contributed by atoms with Crippen molar-refractivity contribution in [3.05, 3.63) is 87.1 Å². The summed E-state index contributed by atoms with van der Waals surface area (Å²) in [5.41, 5.74) is 1.86. The molecule has 1 aromatic heterocycles. The van der Waals surface area contributed by atoms with E-state index in [1.54, 1.807) is 30.3 Å². The number of aryl methyl sites for hydroxylation is 1. The summed E-state index contributed by atoms with van der Waals surface area (Å²) in [6.45, 7) is 7.86. The van der Waals surface area contributed by atoms with E-state index in [9.17, 15) is 14.7 Å². The number of amides is 1. The van der Waals surface area contributed by atoms with Crippen molar-refractivity contribution in [1.82, 2.24) is 5.16 Å². The Morgan fingerprint density at radius 1 is 1.06 bits per heavy atom. The molecule has 32 heavy (non-hydrogen) atoms. The highest BCUT2D eigenvalue weighted by atomic mass is 79.9. The molecule has 2 aromatic carbocycles. The molecule has 0 aliphatic carbocycles. The van der Waals surface area contributed by atoms with Crippen LogP contribution >= 0.6 is 15.9 Å². The zero-order valence-electron chi connectivity index (χ0n) is 18.2. The summed E-state index contributed by atoms with van der Waals surface area (Å²) in [5.74, 6) is -0.940. The van der Waals surface area contributed by atoms with Gasteiger partial charge >= 0.3 is 5.91 Å². The van der Waals surface area contributed by atoms with E-state index in [0.29, 0.717) is 16.9 Å². The number of ketones is 1. The third-order valence-corrected chi connectivity index (χ3v) is 5.97. The lowest BCUT2D eigenvalue weighted by Gasteiger charge is -2.23. The SMILES string of the molecule is Cc1ccc([C@H]2/C(=C(\O)c3ccc(Br)cc3)C(=O)C(=O)N2c2cc(C(C)(C)C)on2)cc1. The van der Waals surface area contributed by atoms with Gasteiger partial charge < -0.3 is 9.63 Å². The van der Waals surface area contributed by atoms with Crippen molar-refractivity contribution in [1.29, 1.82) is 0 Å². The number of halogens is 1. The number of carbonyl (C=O) groups excluding carboxylic acids is 2. The summed E-state index contributed by atoms with van der Waals surface area (Å²) in [5, 5.41) is 15.2. The lowest BCUT2D eigenvalue weighted by Crippen LogP contribution is -2.29. The van der Waals surface area contributed by atoms with Crippen molar-refractivity contribution in [2.24, 2.45) is 0 Å². The maximum absolute atomic E-state index is 13.2. The smallest absolute Gasteiger partial charge is 0.301 e. The fourth-order valence-electron chi connectivity index (χ4n) is 3.63. The van der Waals surface area contributed by atoms with E-state index >= 15 is 0 Å². The number of Topliss-reactive ketones (excluding diaryl/α,β-unsaturated/α-hetero) is 1. The first kappa shape index (κ1) is 22.0. The minimum Gasteiger partial charge on any atom is -0.507 e. The van der Waals surface area contributed by atoms with Gasteiger partial charge in [-0.15, -0.1) is 0 Å². The number of nitrogens with zero attached hydrogens (tertiary/aromatic N) is 2. The number of aliphatic hydroxyl groups is 1. The predicted octanol–water partition coefficient (Wildman–Crippen LogP) is 5.67. The molecule has 6 nitrogen and oxygen atoms in total. The van der Waals surface area contributed by atoms with E-state index in [0.717, 1.165) is 10.0 Å². The summed E-state index contributed by atoms with van der Waals surface area (Å²) >= 11 is 3.37. The van der Waals surface area contributed by atoms with Gasteiger partial charge in [0.25, 0.3) is 5.78 Å². The first-order valence-corrected chi connectivity index (χ1v) is 11.0. The van der Waals surface area contributed by atoms with Gasteiger partial charge in [-0.3, -0.25) is 14.5 Å². The number of benzene rings is 2. The monoisotopic (exact) mass is 494 g/mol. The van der Waals surface area contributed by atoms with Crippen LogP contribution in [-0.4, -0.2) is 22.0 Å². The molecular formula is C25H23BrN2O4. The number of anilines is 1. The molecule has 0 spiro atoms. The molecule has 2 heterocycles. The Balaban J connectivity index is 1.91. The van der Waals surface area contributed by atoms with E-state index < -0.39 is 17.7 Å². The minimum atomic E-state index is -0.836. The second kappa shape index (κ2) is 8.06. The minimum absolute atomic E-state index is 0.0153. The van der Waals surface area contributed by atoms with Crippen molar-refractivity contribution >= 4 is 39.2 Å². The van der Waals surface area contributed by atoms with Gasteiger partial charge in [-0.2, -0.15) is 0 Å². The number of aliphatic hydroxyl groups excluding tert-OH is 1. The molecule has 0 unspecified atom stereocenters. The molecule has 4 rings (SSSR count). The van der Waals surface area contributed by atoms with Crippen LogP contribution < -0.4 is 4.90 Å². The molecule has 7 heteroatoms. The molecule has 0 radical (unpaired) electrons. The summed E-state index contributed by atoms with van der Waals surface area (Å²) in [7, 11) is 0. The molecule has 1 aliphatic heterocycles. The fraction of sp³-hybridized carbons (Fsp3) is 0.240. The van der Waals surface area contributed by atoms with Crippen LogP contribution in [0.2, 0.25) is 0 Å². The Bertz CT molecular complexity index is 1220. The molecule has 0 saturated carbocycles. The van der Waals surface area contributed by atoms with E-state index in [1.165, 1.54) is 4.90 Å². The van der Waals surface area contributed by atoms with Crippen LogP contribution in [0.4, 0.5) is 5.82 Å². The van der Waals surface area contributed by atoms with Crippen LogP contribution in [0.1, 0.15) is 49.3 Å². The standard InChI is InChI=1S/C25H23BrN2O4/c1-14-5-7-15(8-6-14)21-20(22(29)16-9-11-17(26)12-10-16)23(30)24(31)28(21)19-13-18(32-27-19)25(2,3)4/h5-13,21,29H,1-4H3/b22-20+/t21-/m0/s1. The molecule has 1 amide bonds. The van der Waals surface area contributed by atoms with Gasteiger partial charge in [0.2, 0.25) is 0 Å². The first-order chi connectivity index (χ1) is 15.1. The van der Waals surface area contributed by atoms with E-state index in [1.807, 2.05) is 52.0 Å². The average molecular weight is 495 g/mol. The van der Waals surface area contributed by atoms with Gasteiger partial charge in [0.15, 0.2) is 5.82 Å². The van der Waals surface area contributed by atoms with Gasteiger partial charge in [0.05, 0.1) is 11.6 Å². The summed E-state index contributed by atoms with van der Waals surface area (Å²) in [4.78, 5) is 27.6. The number of hydrogen-bond acceptors (Lipinski definition) is 5. The van der Waals surface area contributed by atoms with Crippen LogP contribution in [0, 0.1) is 6.92 Å². The van der Waals surface area contributed by atoms with Crippen molar-refractivity contribution in [2.75, 3.05) is 4.90 Å². The molecule has 1 atom stereocenters. The number of aromatic nitrogens is 1. The Morgan fingerprint density at radius 3 is 2.25 bits per heavy atom. The zero-order valence-corrected chi connectivity index (χ0v) is 19.8. The fourth-order valence-corrected chi connectivity index (χ4v) is 3.89. The topological polar surface area (TPSA) is 83.6 Å². The maximum atomic E-state index is 13.2. The second-order valence-corrected chi connectivity index (χ2v) is 9.80. The number of carbonyl (C=O) groups is 2. The lowest BCUT2D eigenvalue weighted by molar-refractivity contribution is -0.132. The Labute approximate surface area is 194 Å². The zero-order chi connectivity index (χ0) is 23.2. The molecule has 164 valence electrons. The van der Waals surface area contributed by atoms with Crippen LogP contribution in [-0.2, 0) is 15.0 Å². The largest absolute Gasteiger partial charge is 0.507 e. The highest BCUT2D eigenvalue weighted by molar-refractivity contribution is 9.10. The van der Waals surface area contributed by atoms with Crippen LogP contribution in [0.25, 0.3) is 5.76 Å². The first-order valence-electron chi connectivity index (χ1n) is 10.2. The van der Waals surface area contributed by atoms with Crippen LogP contribution in [0.15, 0.2) is 69.2 Å². The molecule has 1 saturated heterocycles. The van der Waals surface area contributed by atoms with Gasteiger partial charge in [-0.05, 0) is 24.6 Å². The summed E-state index contributed by atoms with van der Waals surface area (Å²) in [6, 6.07) is 15.2. The predicted molar refractivity (Wildman–Crippen MR) is 125 cm³/mol. The highest BCUT2D eigenvalue weighted by Crippen LogP contribution is 2.42. The molecule has 1 aliphatic rings. The van der Waals surface area contributed by atoms with Gasteiger partial charge in [0.1, 0.15) is 11.5 Å². The third kappa shape index (κ3) is 3.88. The van der Waals surface area contributed by atoms with Crippen LogP contribution in [0.3, 0.4) is 0 Å². The maximum Gasteiger partial charge on any atom is 0.301 e. The Hall–Kier alpha value is -3.19. The Kier molecular flexibility index (Phi) is 5.54. The molecule has 0 bridgehead atoms. The van der Waals surface area contributed by atoms with Gasteiger partial charge in [0, 0.05) is 21.5 Å². The van der Waals surface area contributed by atoms with Crippen molar-refractivity contribution in [2.45, 2.75) is 39.2 Å². The molecule has 1 fully saturated rings. The van der Waals surface area contributed by atoms with Crippen molar-refractivity contribution in [3.8, 4) is 0 Å². The van der Waals surface area contributed by atoms with Gasteiger partial charge in [-0.25, -0.2) is 0 Å². The summed E-state index contributed by atoms with van der Waals surface area (Å²) in [6.07, 6.45) is 0. The molecular weight excluding hydrogens is 472 g/mol. The lowest BCUT2D eigenvalue weighted by atomic mass is 9.93. The number of rotatable bonds is 3. The van der Waals surface area contributed by atoms with Gasteiger partial charge in [-0.1, -0.05) is 83.8 Å². The normalized spacial score (nSPS) is 18.4. The van der Waals surface area contributed by atoms with Crippen molar-refractivity contribution in [3.63, 3.8) is 0 Å². The molecule has 1 N–H and O–H groups in total. The van der Waals surface area contributed by atoms with Crippen LogP contribution in [0.5, 0.6) is 0 Å². The van der Waals surface area contributed by atoms with E-state index in [2.05, 4.69) is 21.1 Å². The summed E-state index contributed by atoms with van der Waals surface area (Å²) < 4.78 is 6.32. The average Bonchev–Trinajstić information content (AvgIpc) is 3.32. The highest BCUT2D eigenvalue weighted by Gasteiger charge is 2.48. The Morgan fingerprint density at radius 2 is 1.69 bits per heavy atom. The third-order valence-electron chi connectivity index (χ3n) is 5.44. The number of hydrogen-bond donors (Lipinski definition) is 1. The van der Waals surface area contributed by atoms with E-state index in [4.69, 9.17) is 4.52 Å².